The van der Waals surface area contributed by atoms with Crippen LogP contribution >= 0.6 is 11.8 Å². The van der Waals surface area contributed by atoms with E-state index in [4.69, 9.17) is 0 Å². The van der Waals surface area contributed by atoms with Crippen LogP contribution in [0.15, 0.2) is 65.6 Å². The lowest BCUT2D eigenvalue weighted by Gasteiger charge is -2.12. The Hall–Kier alpha value is -3.52. The summed E-state index contributed by atoms with van der Waals surface area (Å²) in [4.78, 5) is 38.1. The van der Waals surface area contributed by atoms with Crippen LogP contribution in [0.3, 0.4) is 0 Å². The molecule has 4 rings (SSSR count). The molecular weight excluding hydrogens is 410 g/mol. The summed E-state index contributed by atoms with van der Waals surface area (Å²) in [6, 6.07) is 16.0. The standard InChI is InChI=1S/C22H14F2N2O3S/c23-15-8-9-18(17(24)11-15)25-20(27)12-26-21(28)19(30-22(26)29)10-14-6-3-5-13-4-1-2-7-16(13)14/h1-11H,12H2,(H,25,27)/b19-10+. The minimum absolute atomic E-state index is 0.192. The molecule has 1 fully saturated rings. The molecule has 3 amide bonds. The summed E-state index contributed by atoms with van der Waals surface area (Å²) in [6.07, 6.45) is 1.62. The van der Waals surface area contributed by atoms with E-state index in [1.165, 1.54) is 0 Å². The Kier molecular flexibility index (Phi) is 5.33. The first kappa shape index (κ1) is 19.8. The smallest absolute Gasteiger partial charge is 0.294 e. The minimum Gasteiger partial charge on any atom is -0.322 e. The predicted molar refractivity (Wildman–Crippen MR) is 112 cm³/mol. The lowest BCUT2D eigenvalue weighted by Crippen LogP contribution is -2.36. The average molecular weight is 424 g/mol. The third kappa shape index (κ3) is 3.95. The first-order valence-electron chi connectivity index (χ1n) is 8.90. The number of carbonyl (C=O) groups excluding carboxylic acids is 3. The van der Waals surface area contributed by atoms with Crippen LogP contribution in [-0.2, 0) is 9.59 Å². The highest BCUT2D eigenvalue weighted by Gasteiger charge is 2.36. The van der Waals surface area contributed by atoms with E-state index in [0.717, 1.165) is 45.1 Å². The zero-order valence-corrected chi connectivity index (χ0v) is 16.2. The molecule has 0 bridgehead atoms. The van der Waals surface area contributed by atoms with Crippen molar-refractivity contribution < 1.29 is 23.2 Å². The molecule has 0 saturated carbocycles. The molecule has 150 valence electrons. The van der Waals surface area contributed by atoms with E-state index in [9.17, 15) is 23.2 Å². The van der Waals surface area contributed by atoms with Gasteiger partial charge >= 0.3 is 0 Å². The van der Waals surface area contributed by atoms with Gasteiger partial charge in [-0.15, -0.1) is 0 Å². The average Bonchev–Trinajstić information content (AvgIpc) is 2.98. The van der Waals surface area contributed by atoms with Crippen LogP contribution in [0, 0.1) is 11.6 Å². The van der Waals surface area contributed by atoms with Gasteiger partial charge < -0.3 is 5.32 Å². The molecule has 0 unspecified atom stereocenters. The Bertz CT molecular complexity index is 1220. The second-order valence-electron chi connectivity index (χ2n) is 6.51. The number of hydrogen-bond donors (Lipinski definition) is 1. The van der Waals surface area contributed by atoms with Crippen molar-refractivity contribution in [3.05, 3.63) is 82.8 Å². The van der Waals surface area contributed by atoms with E-state index < -0.39 is 35.2 Å². The maximum absolute atomic E-state index is 13.7. The molecule has 30 heavy (non-hydrogen) atoms. The van der Waals surface area contributed by atoms with Gasteiger partial charge in [-0.05, 0) is 46.3 Å². The number of imide groups is 1. The van der Waals surface area contributed by atoms with Crippen molar-refractivity contribution >= 4 is 51.4 Å². The van der Waals surface area contributed by atoms with Crippen molar-refractivity contribution in [3.8, 4) is 0 Å². The second-order valence-corrected chi connectivity index (χ2v) is 7.50. The Morgan fingerprint density at radius 2 is 1.80 bits per heavy atom. The predicted octanol–water partition coefficient (Wildman–Crippen LogP) is 4.79. The van der Waals surface area contributed by atoms with Crippen LogP contribution in [0.4, 0.5) is 19.3 Å². The summed E-state index contributed by atoms with van der Waals surface area (Å²) in [7, 11) is 0. The Morgan fingerprint density at radius 3 is 2.60 bits per heavy atom. The van der Waals surface area contributed by atoms with Crippen molar-refractivity contribution in [1.82, 2.24) is 4.90 Å². The normalized spacial score (nSPS) is 15.3. The molecule has 1 saturated heterocycles. The van der Waals surface area contributed by atoms with Gasteiger partial charge in [0.1, 0.15) is 18.2 Å². The van der Waals surface area contributed by atoms with Crippen LogP contribution in [0.1, 0.15) is 5.56 Å². The molecule has 1 aliphatic rings. The number of thioether (sulfide) groups is 1. The molecule has 0 atom stereocenters. The number of nitrogens with one attached hydrogen (secondary N) is 1. The lowest BCUT2D eigenvalue weighted by molar-refractivity contribution is -0.127. The number of rotatable bonds is 4. The van der Waals surface area contributed by atoms with Crippen molar-refractivity contribution in [2.24, 2.45) is 0 Å². The molecule has 0 aromatic heterocycles. The van der Waals surface area contributed by atoms with Crippen LogP contribution < -0.4 is 5.32 Å². The summed E-state index contributed by atoms with van der Waals surface area (Å²) in [5, 5.41) is 3.56. The van der Waals surface area contributed by atoms with Crippen molar-refractivity contribution in [2.75, 3.05) is 11.9 Å². The summed E-state index contributed by atoms with van der Waals surface area (Å²) < 4.78 is 26.7. The van der Waals surface area contributed by atoms with Crippen molar-refractivity contribution in [1.29, 1.82) is 0 Å². The Labute approximate surface area is 174 Å². The van der Waals surface area contributed by atoms with Gasteiger partial charge in [0.15, 0.2) is 0 Å². The summed E-state index contributed by atoms with van der Waals surface area (Å²) in [5.41, 5.74) is 0.538. The van der Waals surface area contributed by atoms with E-state index >= 15 is 0 Å². The molecule has 1 N–H and O–H groups in total. The molecule has 3 aromatic rings. The first-order chi connectivity index (χ1) is 14.4. The van der Waals surface area contributed by atoms with Gasteiger partial charge in [0.05, 0.1) is 10.6 Å². The fourth-order valence-electron chi connectivity index (χ4n) is 3.08. The van der Waals surface area contributed by atoms with Gasteiger partial charge in [-0.25, -0.2) is 8.78 Å². The number of hydrogen-bond acceptors (Lipinski definition) is 4. The second kappa shape index (κ2) is 8.08. The van der Waals surface area contributed by atoms with E-state index in [0.29, 0.717) is 6.07 Å². The van der Waals surface area contributed by atoms with E-state index in [-0.39, 0.29) is 10.6 Å². The molecule has 8 heteroatoms. The summed E-state index contributed by atoms with van der Waals surface area (Å²) in [5.74, 6) is -3.11. The van der Waals surface area contributed by atoms with Gasteiger partial charge in [0, 0.05) is 6.07 Å². The Morgan fingerprint density at radius 1 is 1.03 bits per heavy atom. The molecule has 0 radical (unpaired) electrons. The molecule has 1 aliphatic heterocycles. The SMILES string of the molecule is O=C(CN1C(=O)S/C(=C/c2cccc3ccccc23)C1=O)Nc1ccc(F)cc1F. The van der Waals surface area contributed by atoms with Crippen LogP contribution in [-0.4, -0.2) is 28.5 Å². The van der Waals surface area contributed by atoms with Crippen LogP contribution in [0.5, 0.6) is 0 Å². The maximum Gasteiger partial charge on any atom is 0.294 e. The molecule has 0 spiro atoms. The van der Waals surface area contributed by atoms with Crippen LogP contribution in [0.2, 0.25) is 0 Å². The molecule has 5 nitrogen and oxygen atoms in total. The maximum atomic E-state index is 13.7. The van der Waals surface area contributed by atoms with Gasteiger partial charge in [-0.1, -0.05) is 42.5 Å². The van der Waals surface area contributed by atoms with Gasteiger partial charge in [0.2, 0.25) is 5.91 Å². The summed E-state index contributed by atoms with van der Waals surface area (Å²) in [6.45, 7) is -0.575. The minimum atomic E-state index is -0.951. The fraction of sp³-hybridized carbons (Fsp3) is 0.0455. The van der Waals surface area contributed by atoms with Crippen molar-refractivity contribution in [3.63, 3.8) is 0 Å². The zero-order chi connectivity index (χ0) is 21.3. The topological polar surface area (TPSA) is 66.5 Å². The van der Waals surface area contributed by atoms with Gasteiger partial charge in [0.25, 0.3) is 11.1 Å². The number of fused-ring (bicyclic) bond motifs is 1. The van der Waals surface area contributed by atoms with Gasteiger partial charge in [-0.2, -0.15) is 0 Å². The fourth-order valence-corrected chi connectivity index (χ4v) is 3.91. The van der Waals surface area contributed by atoms with Crippen LogP contribution in [0.25, 0.3) is 16.8 Å². The number of amides is 3. The summed E-state index contributed by atoms with van der Waals surface area (Å²) >= 11 is 0.733. The third-order valence-corrected chi connectivity index (χ3v) is 5.40. The number of nitrogens with zero attached hydrogens (tertiary/aromatic N) is 1. The quantitative estimate of drug-likeness (QED) is 0.612. The third-order valence-electron chi connectivity index (χ3n) is 4.49. The monoisotopic (exact) mass is 424 g/mol. The molecule has 0 aliphatic carbocycles. The molecular formula is C22H14F2N2O3S. The lowest BCUT2D eigenvalue weighted by atomic mass is 10.0. The highest BCUT2D eigenvalue weighted by molar-refractivity contribution is 8.18. The Balaban J connectivity index is 1.52. The molecule has 1 heterocycles. The van der Waals surface area contributed by atoms with E-state index in [1.807, 2.05) is 42.5 Å². The number of benzene rings is 3. The van der Waals surface area contributed by atoms with Crippen molar-refractivity contribution in [2.45, 2.75) is 0 Å². The van der Waals surface area contributed by atoms with E-state index in [1.54, 1.807) is 6.08 Å². The molecule has 3 aromatic carbocycles. The first-order valence-corrected chi connectivity index (χ1v) is 9.72. The highest BCUT2D eigenvalue weighted by atomic mass is 32.2. The largest absolute Gasteiger partial charge is 0.322 e. The number of anilines is 1. The highest BCUT2D eigenvalue weighted by Crippen LogP contribution is 2.33. The van der Waals surface area contributed by atoms with E-state index in [2.05, 4.69) is 5.32 Å². The number of carbonyl (C=O) groups is 3. The van der Waals surface area contributed by atoms with Gasteiger partial charge in [-0.3, -0.25) is 19.3 Å². The number of halogens is 2. The zero-order valence-electron chi connectivity index (χ0n) is 15.4.